The molecule has 4 nitrogen and oxygen atoms in total. The van der Waals surface area contributed by atoms with Gasteiger partial charge in [0.25, 0.3) is 5.91 Å². The Kier molecular flexibility index (Phi) is 4.22. The highest BCUT2D eigenvalue weighted by atomic mass is 32.1. The highest BCUT2D eigenvalue weighted by Gasteiger charge is 2.20. The first-order valence-electron chi connectivity index (χ1n) is 7.86. The summed E-state index contributed by atoms with van der Waals surface area (Å²) in [4.78, 5) is 18.3. The fourth-order valence-corrected chi connectivity index (χ4v) is 3.85. The molecule has 130 valence electrons. The SMILES string of the molecule is O=C(NCc1cc(F)cc(F)c1)c1sc2ncccc2c1-n1cccc1. The molecule has 3 heterocycles. The van der Waals surface area contributed by atoms with E-state index in [1.165, 1.54) is 23.5 Å². The fraction of sp³-hybridized carbons (Fsp3) is 0.0526. The number of benzene rings is 1. The van der Waals surface area contributed by atoms with Gasteiger partial charge in [-0.05, 0) is 42.0 Å². The maximum atomic E-state index is 13.3. The molecule has 1 aromatic carbocycles. The number of thiophene rings is 1. The monoisotopic (exact) mass is 369 g/mol. The number of rotatable bonds is 4. The lowest BCUT2D eigenvalue weighted by atomic mass is 10.2. The summed E-state index contributed by atoms with van der Waals surface area (Å²) in [6.45, 7) is 0.0281. The molecule has 0 unspecified atom stereocenters. The van der Waals surface area contributed by atoms with Gasteiger partial charge in [-0.25, -0.2) is 13.8 Å². The minimum absolute atomic E-state index is 0.0281. The lowest BCUT2D eigenvalue weighted by Gasteiger charge is -2.08. The zero-order chi connectivity index (χ0) is 18.1. The summed E-state index contributed by atoms with van der Waals surface area (Å²) in [5, 5.41) is 3.60. The van der Waals surface area contributed by atoms with Crippen LogP contribution in [-0.2, 0) is 6.54 Å². The standard InChI is InChI=1S/C19H13F2N3OS/c20-13-8-12(9-14(21)10-13)11-23-18(25)17-16(24-6-1-2-7-24)15-4-3-5-22-19(15)26-17/h1-10H,11H2,(H,23,25). The molecule has 4 aromatic rings. The summed E-state index contributed by atoms with van der Waals surface area (Å²) in [7, 11) is 0. The molecule has 0 atom stereocenters. The molecule has 0 bridgehead atoms. The second-order valence-electron chi connectivity index (χ2n) is 5.69. The minimum Gasteiger partial charge on any atom is -0.347 e. The molecule has 0 saturated carbocycles. The van der Waals surface area contributed by atoms with Crippen molar-refractivity contribution in [1.82, 2.24) is 14.9 Å². The lowest BCUT2D eigenvalue weighted by molar-refractivity contribution is 0.0955. The third-order valence-corrected chi connectivity index (χ3v) is 4.99. The van der Waals surface area contributed by atoms with Gasteiger partial charge in [0.1, 0.15) is 21.3 Å². The van der Waals surface area contributed by atoms with Crippen LogP contribution in [0.25, 0.3) is 15.9 Å². The molecular weight excluding hydrogens is 356 g/mol. The Bertz CT molecular complexity index is 1070. The molecule has 0 radical (unpaired) electrons. The van der Waals surface area contributed by atoms with Crippen molar-refractivity contribution in [3.05, 3.63) is 83.1 Å². The van der Waals surface area contributed by atoms with E-state index in [1.54, 1.807) is 6.20 Å². The number of carbonyl (C=O) groups is 1. The van der Waals surface area contributed by atoms with Crippen molar-refractivity contribution in [2.24, 2.45) is 0 Å². The zero-order valence-corrected chi connectivity index (χ0v) is 14.3. The summed E-state index contributed by atoms with van der Waals surface area (Å²) in [6.07, 6.45) is 5.38. The van der Waals surface area contributed by atoms with E-state index in [2.05, 4.69) is 10.3 Å². The minimum atomic E-state index is -0.673. The maximum Gasteiger partial charge on any atom is 0.263 e. The van der Waals surface area contributed by atoms with Crippen LogP contribution in [0.3, 0.4) is 0 Å². The van der Waals surface area contributed by atoms with Gasteiger partial charge in [-0.2, -0.15) is 0 Å². The number of halogens is 2. The average molecular weight is 369 g/mol. The molecule has 4 rings (SSSR count). The topological polar surface area (TPSA) is 46.9 Å². The summed E-state index contributed by atoms with van der Waals surface area (Å²) >= 11 is 1.28. The number of fused-ring (bicyclic) bond motifs is 1. The van der Waals surface area contributed by atoms with Crippen LogP contribution >= 0.6 is 11.3 Å². The van der Waals surface area contributed by atoms with Crippen LogP contribution in [0, 0.1) is 11.6 Å². The average Bonchev–Trinajstić information content (AvgIpc) is 3.25. The van der Waals surface area contributed by atoms with E-state index in [0.29, 0.717) is 10.4 Å². The van der Waals surface area contributed by atoms with Crippen molar-refractivity contribution in [2.75, 3.05) is 0 Å². The Balaban J connectivity index is 1.67. The number of amides is 1. The second kappa shape index (κ2) is 6.68. The predicted octanol–water partition coefficient (Wildman–Crippen LogP) is 4.30. The third-order valence-electron chi connectivity index (χ3n) is 3.88. The number of hydrogen-bond acceptors (Lipinski definition) is 3. The van der Waals surface area contributed by atoms with Gasteiger partial charge in [-0.3, -0.25) is 4.79 Å². The number of nitrogens with zero attached hydrogens (tertiary/aromatic N) is 2. The van der Waals surface area contributed by atoms with Crippen LogP contribution in [-0.4, -0.2) is 15.5 Å². The van der Waals surface area contributed by atoms with Gasteiger partial charge in [0.05, 0.1) is 5.69 Å². The number of nitrogens with one attached hydrogen (secondary N) is 1. The number of aromatic nitrogens is 2. The van der Waals surface area contributed by atoms with E-state index < -0.39 is 11.6 Å². The molecule has 0 aliphatic heterocycles. The van der Waals surface area contributed by atoms with Crippen molar-refractivity contribution in [2.45, 2.75) is 6.54 Å². The van der Waals surface area contributed by atoms with Crippen molar-refractivity contribution in [3.63, 3.8) is 0 Å². The van der Waals surface area contributed by atoms with E-state index >= 15 is 0 Å². The Morgan fingerprint density at radius 3 is 2.58 bits per heavy atom. The molecular formula is C19H13F2N3OS. The Morgan fingerprint density at radius 1 is 1.12 bits per heavy atom. The predicted molar refractivity (Wildman–Crippen MR) is 96.5 cm³/mol. The van der Waals surface area contributed by atoms with Gasteiger partial charge in [0.2, 0.25) is 0 Å². The smallest absolute Gasteiger partial charge is 0.263 e. The van der Waals surface area contributed by atoms with Crippen LogP contribution in [0.5, 0.6) is 0 Å². The summed E-state index contributed by atoms with van der Waals surface area (Å²) in [5.41, 5.74) is 1.10. The molecule has 0 aliphatic rings. The van der Waals surface area contributed by atoms with Gasteiger partial charge in [-0.1, -0.05) is 0 Å². The van der Waals surface area contributed by atoms with Gasteiger partial charge in [0.15, 0.2) is 0 Å². The molecule has 0 spiro atoms. The van der Waals surface area contributed by atoms with Gasteiger partial charge < -0.3 is 9.88 Å². The van der Waals surface area contributed by atoms with Crippen molar-refractivity contribution >= 4 is 27.5 Å². The maximum absolute atomic E-state index is 13.3. The lowest BCUT2D eigenvalue weighted by Crippen LogP contribution is -2.23. The second-order valence-corrected chi connectivity index (χ2v) is 6.69. The summed E-state index contributed by atoms with van der Waals surface area (Å²) in [6, 6.07) is 10.7. The van der Waals surface area contributed by atoms with E-state index in [4.69, 9.17) is 0 Å². The largest absolute Gasteiger partial charge is 0.347 e. The van der Waals surface area contributed by atoms with E-state index in [9.17, 15) is 13.6 Å². The Labute approximate surface area is 151 Å². The van der Waals surface area contributed by atoms with Crippen LogP contribution in [0.1, 0.15) is 15.2 Å². The highest BCUT2D eigenvalue weighted by molar-refractivity contribution is 7.21. The molecule has 7 heteroatoms. The fourth-order valence-electron chi connectivity index (χ4n) is 2.79. The molecule has 1 N–H and O–H groups in total. The number of hydrogen-bond donors (Lipinski definition) is 1. The van der Waals surface area contributed by atoms with Crippen LogP contribution in [0.2, 0.25) is 0 Å². The highest BCUT2D eigenvalue weighted by Crippen LogP contribution is 2.33. The molecule has 0 fully saturated rings. The van der Waals surface area contributed by atoms with Crippen molar-refractivity contribution in [3.8, 4) is 5.69 Å². The molecule has 1 amide bonds. The van der Waals surface area contributed by atoms with Gasteiger partial charge in [0, 0.05) is 36.6 Å². The van der Waals surface area contributed by atoms with E-state index in [1.807, 2.05) is 41.2 Å². The molecule has 26 heavy (non-hydrogen) atoms. The first-order valence-corrected chi connectivity index (χ1v) is 8.67. The van der Waals surface area contributed by atoms with Crippen molar-refractivity contribution in [1.29, 1.82) is 0 Å². The van der Waals surface area contributed by atoms with E-state index in [0.717, 1.165) is 22.0 Å². The van der Waals surface area contributed by atoms with Gasteiger partial charge in [-0.15, -0.1) is 11.3 Å². The zero-order valence-electron chi connectivity index (χ0n) is 13.4. The summed E-state index contributed by atoms with van der Waals surface area (Å²) in [5.74, 6) is -1.66. The Hall–Kier alpha value is -3.06. The number of carbonyl (C=O) groups excluding carboxylic acids is 1. The molecule has 0 saturated heterocycles. The quantitative estimate of drug-likeness (QED) is 0.583. The molecule has 0 aliphatic carbocycles. The summed E-state index contributed by atoms with van der Waals surface area (Å²) < 4.78 is 28.5. The van der Waals surface area contributed by atoms with Crippen LogP contribution in [0.4, 0.5) is 8.78 Å². The first-order chi connectivity index (χ1) is 12.6. The normalized spacial score (nSPS) is 11.0. The molecule has 3 aromatic heterocycles. The van der Waals surface area contributed by atoms with Crippen LogP contribution < -0.4 is 5.32 Å². The van der Waals surface area contributed by atoms with Gasteiger partial charge >= 0.3 is 0 Å². The Morgan fingerprint density at radius 2 is 1.85 bits per heavy atom. The third kappa shape index (κ3) is 3.09. The first kappa shape index (κ1) is 16.4. The van der Waals surface area contributed by atoms with E-state index in [-0.39, 0.29) is 12.5 Å². The van der Waals surface area contributed by atoms with Crippen molar-refractivity contribution < 1.29 is 13.6 Å². The number of pyridine rings is 1. The van der Waals surface area contributed by atoms with Crippen LogP contribution in [0.15, 0.2) is 61.1 Å².